The van der Waals surface area contributed by atoms with Crippen molar-refractivity contribution in [1.29, 1.82) is 0 Å². The topological polar surface area (TPSA) is 86.8 Å². The Morgan fingerprint density at radius 3 is 2.33 bits per heavy atom. The van der Waals surface area contributed by atoms with E-state index in [4.69, 9.17) is 11.6 Å². The van der Waals surface area contributed by atoms with E-state index in [0.717, 1.165) is 28.1 Å². The van der Waals surface area contributed by atoms with Gasteiger partial charge in [0.25, 0.3) is 0 Å². The van der Waals surface area contributed by atoms with E-state index in [1.807, 2.05) is 26.8 Å². The van der Waals surface area contributed by atoms with E-state index < -0.39 is 28.5 Å². The van der Waals surface area contributed by atoms with Gasteiger partial charge in [0.05, 0.1) is 11.9 Å². The van der Waals surface area contributed by atoms with Crippen molar-refractivity contribution >= 4 is 39.1 Å². The number of aryl methyl sites for hydroxylation is 1. The molecule has 0 saturated heterocycles. The van der Waals surface area contributed by atoms with E-state index in [0.29, 0.717) is 10.7 Å². The summed E-state index contributed by atoms with van der Waals surface area (Å²) in [5.74, 6) is -0.796. The standard InChI is InChI=1S/C24H32ClN3O4S/c1-6-18(3)26-24(30)19(4)27(15-20-10-8-11-21(25)14-20)23(29)16-28(33(5,31)32)22-12-7-9-17(2)13-22/h7-14,18-19H,6,15-16H2,1-5H3,(H,26,30)/t18-,19+/m0/s1. The fraction of sp³-hybridized carbons (Fsp3) is 0.417. The highest BCUT2D eigenvalue weighted by Crippen LogP contribution is 2.21. The summed E-state index contributed by atoms with van der Waals surface area (Å²) in [5.41, 5.74) is 2.00. The normalized spacial score (nSPS) is 13.2. The number of hydrogen-bond donors (Lipinski definition) is 1. The van der Waals surface area contributed by atoms with Gasteiger partial charge in [-0.1, -0.05) is 42.8 Å². The summed E-state index contributed by atoms with van der Waals surface area (Å²) in [7, 11) is -3.75. The molecule has 0 aliphatic heterocycles. The molecule has 2 amide bonds. The van der Waals surface area contributed by atoms with Gasteiger partial charge in [0.1, 0.15) is 12.6 Å². The monoisotopic (exact) mass is 493 g/mol. The average molecular weight is 494 g/mol. The lowest BCUT2D eigenvalue weighted by Gasteiger charge is -2.32. The number of sulfonamides is 1. The maximum atomic E-state index is 13.5. The first-order valence-electron chi connectivity index (χ1n) is 10.8. The number of carbonyl (C=O) groups is 2. The number of nitrogens with one attached hydrogen (secondary N) is 1. The Hall–Kier alpha value is -2.58. The Labute approximate surface area is 201 Å². The van der Waals surface area contributed by atoms with Crippen molar-refractivity contribution in [3.8, 4) is 0 Å². The summed E-state index contributed by atoms with van der Waals surface area (Å²) < 4.78 is 26.2. The molecule has 0 fully saturated rings. The number of amides is 2. The van der Waals surface area contributed by atoms with Gasteiger partial charge in [-0.3, -0.25) is 13.9 Å². The van der Waals surface area contributed by atoms with Crippen molar-refractivity contribution < 1.29 is 18.0 Å². The number of halogens is 1. The van der Waals surface area contributed by atoms with Gasteiger partial charge in [-0.05, 0) is 62.6 Å². The zero-order valence-corrected chi connectivity index (χ0v) is 21.3. The molecule has 2 rings (SSSR count). The molecule has 2 aromatic carbocycles. The van der Waals surface area contributed by atoms with Crippen LogP contribution in [0, 0.1) is 6.92 Å². The highest BCUT2D eigenvalue weighted by atomic mass is 35.5. The summed E-state index contributed by atoms with van der Waals surface area (Å²) in [6, 6.07) is 13.1. The van der Waals surface area contributed by atoms with Gasteiger partial charge in [-0.25, -0.2) is 8.42 Å². The van der Waals surface area contributed by atoms with Crippen molar-refractivity contribution in [3.05, 3.63) is 64.7 Å². The lowest BCUT2D eigenvalue weighted by molar-refractivity contribution is -0.139. The van der Waals surface area contributed by atoms with Gasteiger partial charge >= 0.3 is 0 Å². The smallest absolute Gasteiger partial charge is 0.244 e. The molecule has 0 aliphatic rings. The van der Waals surface area contributed by atoms with Gasteiger partial charge in [0.2, 0.25) is 21.8 Å². The molecule has 33 heavy (non-hydrogen) atoms. The molecule has 0 aromatic heterocycles. The average Bonchev–Trinajstić information content (AvgIpc) is 2.74. The number of nitrogens with zero attached hydrogens (tertiary/aromatic N) is 2. The Morgan fingerprint density at radius 1 is 1.09 bits per heavy atom. The van der Waals surface area contributed by atoms with Gasteiger partial charge in [0, 0.05) is 17.6 Å². The van der Waals surface area contributed by atoms with E-state index in [9.17, 15) is 18.0 Å². The van der Waals surface area contributed by atoms with Crippen molar-refractivity contribution in [3.63, 3.8) is 0 Å². The maximum Gasteiger partial charge on any atom is 0.244 e. The number of carbonyl (C=O) groups excluding carboxylic acids is 2. The molecule has 0 bridgehead atoms. The first-order chi connectivity index (χ1) is 15.4. The summed E-state index contributed by atoms with van der Waals surface area (Å²) in [4.78, 5) is 27.7. The predicted molar refractivity (Wildman–Crippen MR) is 133 cm³/mol. The first-order valence-corrected chi connectivity index (χ1v) is 13.0. The number of hydrogen-bond acceptors (Lipinski definition) is 4. The van der Waals surface area contributed by atoms with E-state index in [-0.39, 0.29) is 18.5 Å². The van der Waals surface area contributed by atoms with E-state index in [2.05, 4.69) is 5.32 Å². The molecule has 7 nitrogen and oxygen atoms in total. The molecular weight excluding hydrogens is 462 g/mol. The lowest BCUT2D eigenvalue weighted by atomic mass is 10.1. The van der Waals surface area contributed by atoms with Gasteiger partial charge < -0.3 is 10.2 Å². The molecule has 0 radical (unpaired) electrons. The molecule has 0 spiro atoms. The third-order valence-corrected chi connectivity index (χ3v) is 6.75. The van der Waals surface area contributed by atoms with Crippen molar-refractivity contribution in [2.75, 3.05) is 17.1 Å². The van der Waals surface area contributed by atoms with Gasteiger partial charge in [-0.2, -0.15) is 0 Å². The van der Waals surface area contributed by atoms with E-state index in [1.165, 1.54) is 4.90 Å². The highest BCUT2D eigenvalue weighted by molar-refractivity contribution is 7.92. The zero-order chi connectivity index (χ0) is 24.8. The van der Waals surface area contributed by atoms with Gasteiger partial charge in [-0.15, -0.1) is 0 Å². The van der Waals surface area contributed by atoms with Crippen LogP contribution in [0.1, 0.15) is 38.3 Å². The Kier molecular flexibility index (Phi) is 9.31. The molecule has 0 heterocycles. The largest absolute Gasteiger partial charge is 0.352 e. The van der Waals surface area contributed by atoms with E-state index >= 15 is 0 Å². The van der Waals surface area contributed by atoms with Gasteiger partial charge in [0.15, 0.2) is 0 Å². The number of benzene rings is 2. The Bertz CT molecular complexity index is 1090. The minimum absolute atomic E-state index is 0.0529. The van der Waals surface area contributed by atoms with Crippen LogP contribution in [0.25, 0.3) is 0 Å². The lowest BCUT2D eigenvalue weighted by Crippen LogP contribution is -2.52. The SMILES string of the molecule is CC[C@H](C)NC(=O)[C@@H](C)N(Cc1cccc(Cl)c1)C(=O)CN(c1cccc(C)c1)S(C)(=O)=O. The van der Waals surface area contributed by atoms with Crippen molar-refractivity contribution in [1.82, 2.24) is 10.2 Å². The molecule has 2 aromatic rings. The van der Waals surface area contributed by atoms with Crippen LogP contribution < -0.4 is 9.62 Å². The van der Waals surface area contributed by atoms with Crippen molar-refractivity contribution in [2.24, 2.45) is 0 Å². The molecule has 0 unspecified atom stereocenters. The Balaban J connectivity index is 2.38. The van der Waals surface area contributed by atoms with Crippen LogP contribution in [0.5, 0.6) is 0 Å². The van der Waals surface area contributed by atoms with Crippen LogP contribution in [0.2, 0.25) is 5.02 Å². The molecule has 9 heteroatoms. The van der Waals surface area contributed by atoms with Crippen LogP contribution in [-0.2, 0) is 26.2 Å². The molecular formula is C24H32ClN3O4S. The fourth-order valence-corrected chi connectivity index (χ4v) is 4.33. The fourth-order valence-electron chi connectivity index (χ4n) is 3.28. The molecule has 180 valence electrons. The second-order valence-electron chi connectivity index (χ2n) is 8.25. The van der Waals surface area contributed by atoms with Crippen LogP contribution in [0.15, 0.2) is 48.5 Å². The first kappa shape index (κ1) is 26.7. The minimum Gasteiger partial charge on any atom is -0.352 e. The second-order valence-corrected chi connectivity index (χ2v) is 10.6. The number of rotatable bonds is 10. The van der Waals surface area contributed by atoms with Crippen LogP contribution in [0.4, 0.5) is 5.69 Å². The summed E-state index contributed by atoms with van der Waals surface area (Å²) in [5, 5.41) is 3.40. The second kappa shape index (κ2) is 11.5. The summed E-state index contributed by atoms with van der Waals surface area (Å²) in [6.07, 6.45) is 1.80. The third-order valence-electron chi connectivity index (χ3n) is 5.38. The predicted octanol–water partition coefficient (Wildman–Crippen LogP) is 3.75. The minimum atomic E-state index is -3.75. The highest BCUT2D eigenvalue weighted by Gasteiger charge is 2.30. The summed E-state index contributed by atoms with van der Waals surface area (Å²) in [6.45, 7) is 7.01. The third kappa shape index (κ3) is 7.75. The molecule has 1 N–H and O–H groups in total. The Morgan fingerprint density at radius 2 is 1.76 bits per heavy atom. The zero-order valence-electron chi connectivity index (χ0n) is 19.7. The van der Waals surface area contributed by atoms with Crippen LogP contribution in [0.3, 0.4) is 0 Å². The molecule has 0 saturated carbocycles. The summed E-state index contributed by atoms with van der Waals surface area (Å²) >= 11 is 6.11. The van der Waals surface area contributed by atoms with E-state index in [1.54, 1.807) is 49.4 Å². The molecule has 2 atom stereocenters. The molecule has 0 aliphatic carbocycles. The van der Waals surface area contributed by atoms with Crippen molar-refractivity contribution in [2.45, 2.75) is 52.7 Å². The maximum absolute atomic E-state index is 13.5. The van der Waals surface area contributed by atoms with Crippen LogP contribution in [-0.4, -0.2) is 50.0 Å². The quantitative estimate of drug-likeness (QED) is 0.546. The number of anilines is 1. The van der Waals surface area contributed by atoms with Crippen LogP contribution >= 0.6 is 11.6 Å².